The van der Waals surface area contributed by atoms with Crippen molar-refractivity contribution in [3.05, 3.63) is 35.9 Å². The summed E-state index contributed by atoms with van der Waals surface area (Å²) in [6, 6.07) is 8.31. The lowest BCUT2D eigenvalue weighted by molar-refractivity contribution is 0.0626. The summed E-state index contributed by atoms with van der Waals surface area (Å²) >= 11 is 0. The van der Waals surface area contributed by atoms with Crippen molar-refractivity contribution in [2.75, 3.05) is 7.05 Å². The highest BCUT2D eigenvalue weighted by atomic mass is 16.6. The molecule has 0 aliphatic carbocycles. The molecule has 1 amide bonds. The van der Waals surface area contributed by atoms with Crippen LogP contribution in [0.1, 0.15) is 10.4 Å². The maximum Gasteiger partial charge on any atom is 0.414 e. The second-order valence-corrected chi connectivity index (χ2v) is 2.29. The van der Waals surface area contributed by atoms with Crippen LogP contribution >= 0.6 is 0 Å². The summed E-state index contributed by atoms with van der Waals surface area (Å²) in [5.41, 5.74) is 0.353. The molecule has 0 atom stereocenters. The van der Waals surface area contributed by atoms with Crippen LogP contribution in [0.15, 0.2) is 30.3 Å². The Bertz CT molecular complexity index is 308. The van der Waals surface area contributed by atoms with E-state index in [1.165, 1.54) is 7.05 Å². The zero-order valence-electron chi connectivity index (χ0n) is 7.11. The van der Waals surface area contributed by atoms with Crippen molar-refractivity contribution in [3.8, 4) is 0 Å². The summed E-state index contributed by atoms with van der Waals surface area (Å²) < 4.78 is 4.40. The topological polar surface area (TPSA) is 55.4 Å². The molecule has 0 aliphatic heterocycles. The molecule has 1 N–H and O–H groups in total. The largest absolute Gasteiger partial charge is 0.414 e. The van der Waals surface area contributed by atoms with Gasteiger partial charge in [0.2, 0.25) is 0 Å². The molecular weight excluding hydrogens is 170 g/mol. The van der Waals surface area contributed by atoms with Gasteiger partial charge in [0.25, 0.3) is 0 Å². The monoisotopic (exact) mass is 179 g/mol. The minimum Gasteiger partial charge on any atom is -0.373 e. The molecule has 0 saturated heterocycles. The van der Waals surface area contributed by atoms with E-state index < -0.39 is 12.1 Å². The lowest BCUT2D eigenvalue weighted by atomic mass is 10.2. The van der Waals surface area contributed by atoms with Gasteiger partial charge in [0.15, 0.2) is 0 Å². The normalized spacial score (nSPS) is 9.00. The maximum atomic E-state index is 11.1. The number of rotatable bonds is 1. The Hall–Kier alpha value is -1.84. The lowest BCUT2D eigenvalue weighted by Gasteiger charge is -2.00. The Labute approximate surface area is 75.5 Å². The number of amides is 1. The van der Waals surface area contributed by atoms with Crippen molar-refractivity contribution in [2.24, 2.45) is 0 Å². The first-order valence-electron chi connectivity index (χ1n) is 3.73. The van der Waals surface area contributed by atoms with E-state index in [1.807, 2.05) is 0 Å². The molecule has 0 radical (unpaired) electrons. The quantitative estimate of drug-likeness (QED) is 0.520. The highest BCUT2D eigenvalue weighted by molar-refractivity contribution is 5.96. The molecule has 0 aromatic heterocycles. The second kappa shape index (κ2) is 4.25. The standard InChI is InChI=1S/C9H9NO3/c1-10-9(12)13-8(11)7-5-3-2-4-6-7/h2-6H,1H3,(H,10,12). The number of alkyl carbamates (subject to hydrolysis) is 1. The Morgan fingerprint density at radius 3 is 2.38 bits per heavy atom. The van der Waals surface area contributed by atoms with Gasteiger partial charge in [-0.15, -0.1) is 0 Å². The van der Waals surface area contributed by atoms with Crippen LogP contribution in [0, 0.1) is 0 Å². The summed E-state index contributed by atoms with van der Waals surface area (Å²) in [5.74, 6) is -0.653. The van der Waals surface area contributed by atoms with Gasteiger partial charge in [-0.1, -0.05) is 18.2 Å². The lowest BCUT2D eigenvalue weighted by Crippen LogP contribution is -2.22. The molecule has 13 heavy (non-hydrogen) atoms. The third-order valence-corrected chi connectivity index (χ3v) is 1.40. The zero-order valence-corrected chi connectivity index (χ0v) is 7.11. The molecule has 68 valence electrons. The van der Waals surface area contributed by atoms with Gasteiger partial charge in [0, 0.05) is 7.05 Å². The van der Waals surface area contributed by atoms with E-state index in [2.05, 4.69) is 10.1 Å². The van der Waals surface area contributed by atoms with Gasteiger partial charge in [-0.3, -0.25) is 0 Å². The van der Waals surface area contributed by atoms with Crippen LogP contribution < -0.4 is 5.32 Å². The van der Waals surface area contributed by atoms with Crippen molar-refractivity contribution in [1.29, 1.82) is 0 Å². The summed E-state index contributed by atoms with van der Waals surface area (Å²) in [5, 5.41) is 2.18. The third kappa shape index (κ3) is 2.59. The van der Waals surface area contributed by atoms with E-state index in [0.29, 0.717) is 5.56 Å². The minimum atomic E-state index is -0.756. The van der Waals surface area contributed by atoms with Gasteiger partial charge in [0.1, 0.15) is 0 Å². The van der Waals surface area contributed by atoms with Gasteiger partial charge in [-0.25, -0.2) is 9.59 Å². The highest BCUT2D eigenvalue weighted by Crippen LogP contribution is 2.00. The minimum absolute atomic E-state index is 0.353. The number of ether oxygens (including phenoxy) is 1. The van der Waals surface area contributed by atoms with Crippen molar-refractivity contribution in [1.82, 2.24) is 5.32 Å². The van der Waals surface area contributed by atoms with E-state index in [0.717, 1.165) is 0 Å². The molecular formula is C9H9NO3. The summed E-state index contributed by atoms with van der Waals surface area (Å²) in [6.45, 7) is 0. The second-order valence-electron chi connectivity index (χ2n) is 2.29. The Kier molecular flexibility index (Phi) is 3.03. The summed E-state index contributed by atoms with van der Waals surface area (Å²) in [7, 11) is 1.39. The van der Waals surface area contributed by atoms with E-state index in [1.54, 1.807) is 30.3 Å². The molecule has 0 unspecified atom stereocenters. The van der Waals surface area contributed by atoms with Crippen LogP contribution in [0.4, 0.5) is 4.79 Å². The van der Waals surface area contributed by atoms with Crippen LogP contribution in [-0.2, 0) is 4.74 Å². The van der Waals surface area contributed by atoms with Crippen molar-refractivity contribution in [3.63, 3.8) is 0 Å². The van der Waals surface area contributed by atoms with Crippen LogP contribution in [-0.4, -0.2) is 19.1 Å². The molecule has 1 rings (SSSR count). The number of nitrogens with one attached hydrogen (secondary N) is 1. The van der Waals surface area contributed by atoms with E-state index in [4.69, 9.17) is 0 Å². The van der Waals surface area contributed by atoms with Gasteiger partial charge in [-0.2, -0.15) is 0 Å². The fourth-order valence-corrected chi connectivity index (χ4v) is 0.768. The molecule has 0 saturated carbocycles. The van der Waals surface area contributed by atoms with Crippen LogP contribution in [0.5, 0.6) is 0 Å². The first-order valence-corrected chi connectivity index (χ1v) is 3.73. The van der Waals surface area contributed by atoms with Gasteiger partial charge >= 0.3 is 12.1 Å². The molecule has 0 fully saturated rings. The third-order valence-electron chi connectivity index (χ3n) is 1.40. The van der Waals surface area contributed by atoms with Gasteiger partial charge in [0.05, 0.1) is 5.56 Å². The van der Waals surface area contributed by atoms with Crippen molar-refractivity contribution < 1.29 is 14.3 Å². The predicted molar refractivity (Wildman–Crippen MR) is 46.3 cm³/mol. The fourth-order valence-electron chi connectivity index (χ4n) is 0.768. The average molecular weight is 179 g/mol. The Morgan fingerprint density at radius 1 is 1.23 bits per heavy atom. The molecule has 0 heterocycles. The van der Waals surface area contributed by atoms with Crippen LogP contribution in [0.25, 0.3) is 0 Å². The molecule has 1 aromatic carbocycles. The fraction of sp³-hybridized carbons (Fsp3) is 0.111. The van der Waals surface area contributed by atoms with Crippen molar-refractivity contribution in [2.45, 2.75) is 0 Å². The van der Waals surface area contributed by atoms with E-state index >= 15 is 0 Å². The van der Waals surface area contributed by atoms with Gasteiger partial charge < -0.3 is 10.1 Å². The van der Waals surface area contributed by atoms with Crippen LogP contribution in [0.2, 0.25) is 0 Å². The molecule has 0 aliphatic rings. The SMILES string of the molecule is CNC(=O)OC(=O)c1ccccc1. The smallest absolute Gasteiger partial charge is 0.373 e. The van der Waals surface area contributed by atoms with Crippen LogP contribution in [0.3, 0.4) is 0 Å². The van der Waals surface area contributed by atoms with E-state index in [-0.39, 0.29) is 0 Å². The first kappa shape index (κ1) is 9.25. The predicted octanol–water partition coefficient (Wildman–Crippen LogP) is 1.18. The number of hydrogen-bond donors (Lipinski definition) is 1. The number of esters is 1. The highest BCUT2D eigenvalue weighted by Gasteiger charge is 2.09. The summed E-state index contributed by atoms with van der Waals surface area (Å²) in [6.07, 6.45) is -0.756. The Morgan fingerprint density at radius 2 is 1.85 bits per heavy atom. The number of carbonyl (C=O) groups is 2. The number of hydrogen-bond acceptors (Lipinski definition) is 3. The molecule has 4 heteroatoms. The van der Waals surface area contributed by atoms with Crippen molar-refractivity contribution >= 4 is 12.1 Å². The molecule has 0 bridgehead atoms. The zero-order chi connectivity index (χ0) is 9.68. The van der Waals surface area contributed by atoms with E-state index in [9.17, 15) is 9.59 Å². The first-order chi connectivity index (χ1) is 6.24. The van der Waals surface area contributed by atoms with Gasteiger partial charge in [-0.05, 0) is 12.1 Å². The molecule has 1 aromatic rings. The molecule has 4 nitrogen and oxygen atoms in total. The maximum absolute atomic E-state index is 11.1. The summed E-state index contributed by atoms with van der Waals surface area (Å²) in [4.78, 5) is 21.8. The Balaban J connectivity index is 2.65. The molecule has 0 spiro atoms. The average Bonchev–Trinajstić information content (AvgIpc) is 2.19. The number of carbonyl (C=O) groups excluding carboxylic acids is 2. The number of benzene rings is 1.